The fourth-order valence-electron chi connectivity index (χ4n) is 5.40. The van der Waals surface area contributed by atoms with Gasteiger partial charge in [0.15, 0.2) is 0 Å². The molecule has 0 aliphatic rings. The molecule has 1 heterocycles. The number of nitrogens with two attached hydrogens (primary N) is 1. The summed E-state index contributed by atoms with van der Waals surface area (Å²) in [6, 6.07) is 2.98. The second-order valence-corrected chi connectivity index (χ2v) is 12.0. The van der Waals surface area contributed by atoms with Crippen LogP contribution in [-0.2, 0) is 35.2 Å². The zero-order chi connectivity index (χ0) is 34.6. The lowest BCUT2D eigenvalue weighted by Crippen LogP contribution is -2.60. The SMILES string of the molecule is CCCN(C(=O)[C@H](Cc1c[nH]c2ccccc12)NC(=O)[C@@H](NC(=O)[C@@H](NC(C)=O)[C@@H](C)CC)[C@@H](C)CC)[C@@H](CCC(N)=O)C(=O)O. The van der Waals surface area contributed by atoms with Crippen molar-refractivity contribution in [1.82, 2.24) is 25.8 Å². The van der Waals surface area contributed by atoms with Gasteiger partial charge in [-0.05, 0) is 36.3 Å². The van der Waals surface area contributed by atoms with E-state index < -0.39 is 53.8 Å². The van der Waals surface area contributed by atoms with Gasteiger partial charge >= 0.3 is 5.97 Å². The van der Waals surface area contributed by atoms with Crippen molar-refractivity contribution in [2.75, 3.05) is 6.54 Å². The Hall–Kier alpha value is -4.42. The number of benzene rings is 1. The number of carbonyl (C=O) groups excluding carboxylic acids is 5. The molecule has 7 N–H and O–H groups in total. The quantitative estimate of drug-likeness (QED) is 0.135. The normalized spacial score (nSPS) is 15.1. The van der Waals surface area contributed by atoms with Crippen molar-refractivity contribution in [3.8, 4) is 0 Å². The molecule has 0 spiro atoms. The number of carboxylic acids is 1. The summed E-state index contributed by atoms with van der Waals surface area (Å²) in [6.07, 6.45) is 2.89. The van der Waals surface area contributed by atoms with Crippen LogP contribution in [0.25, 0.3) is 10.9 Å². The van der Waals surface area contributed by atoms with Crippen LogP contribution in [0.15, 0.2) is 30.5 Å². The molecule has 1 aromatic heterocycles. The van der Waals surface area contributed by atoms with E-state index in [1.165, 1.54) is 11.8 Å². The van der Waals surface area contributed by atoms with Gasteiger partial charge in [0.1, 0.15) is 24.2 Å². The van der Waals surface area contributed by atoms with Crippen LogP contribution in [0, 0.1) is 11.8 Å². The molecule has 13 heteroatoms. The molecule has 0 aliphatic carbocycles. The molecule has 0 unspecified atom stereocenters. The zero-order valence-corrected chi connectivity index (χ0v) is 27.7. The molecule has 6 atom stereocenters. The fourth-order valence-corrected chi connectivity index (χ4v) is 5.40. The first kappa shape index (κ1) is 37.8. The van der Waals surface area contributed by atoms with Crippen LogP contribution in [0.2, 0.25) is 0 Å². The summed E-state index contributed by atoms with van der Waals surface area (Å²) in [5.74, 6) is -4.70. The van der Waals surface area contributed by atoms with E-state index in [2.05, 4.69) is 20.9 Å². The van der Waals surface area contributed by atoms with Crippen LogP contribution in [-0.4, -0.2) is 81.2 Å². The van der Waals surface area contributed by atoms with Gasteiger partial charge in [0, 0.05) is 43.4 Å². The lowest BCUT2D eigenvalue weighted by molar-refractivity contribution is -0.152. The van der Waals surface area contributed by atoms with Crippen molar-refractivity contribution < 1.29 is 33.9 Å². The number of aliphatic carboxylic acids is 1. The van der Waals surface area contributed by atoms with E-state index in [1.54, 1.807) is 20.0 Å². The molecule has 13 nitrogen and oxygen atoms in total. The first-order valence-electron chi connectivity index (χ1n) is 16.0. The average molecular weight is 643 g/mol. The second-order valence-electron chi connectivity index (χ2n) is 12.0. The van der Waals surface area contributed by atoms with Crippen LogP contribution in [0.5, 0.6) is 0 Å². The molecule has 2 aromatic rings. The van der Waals surface area contributed by atoms with Gasteiger partial charge in [-0.2, -0.15) is 0 Å². The van der Waals surface area contributed by atoms with Gasteiger partial charge in [0.2, 0.25) is 29.5 Å². The van der Waals surface area contributed by atoms with E-state index in [1.807, 2.05) is 45.0 Å². The standard InChI is InChI=1S/C33H50N6O7/c1-7-16-39(26(33(45)46)14-15-27(34)41)32(44)25(17-22-18-35-24-13-11-10-12-23(22)24)37-30(42)29(20(5)9-3)38-31(43)28(19(4)8-2)36-21(6)40/h10-13,18-20,25-26,28-29,35H,7-9,14-17H2,1-6H3,(H2,34,41)(H,36,40)(H,37,42)(H,38,43)(H,45,46)/t19-,20-,25-,26-,28-,29-/m0/s1. The van der Waals surface area contributed by atoms with Gasteiger partial charge in [-0.3, -0.25) is 24.0 Å². The average Bonchev–Trinajstić information content (AvgIpc) is 3.42. The Labute approximate surface area is 270 Å². The third-order valence-corrected chi connectivity index (χ3v) is 8.43. The molecule has 0 saturated heterocycles. The van der Waals surface area contributed by atoms with Gasteiger partial charge < -0.3 is 36.7 Å². The molecular formula is C33H50N6O7. The van der Waals surface area contributed by atoms with Gasteiger partial charge in [-0.15, -0.1) is 0 Å². The van der Waals surface area contributed by atoms with Crippen LogP contribution in [0.3, 0.4) is 0 Å². The number of hydrogen-bond donors (Lipinski definition) is 6. The Morgan fingerprint density at radius 1 is 0.913 bits per heavy atom. The highest BCUT2D eigenvalue weighted by atomic mass is 16.4. The maximum Gasteiger partial charge on any atom is 0.326 e. The van der Waals surface area contributed by atoms with Crippen LogP contribution in [0.1, 0.15) is 79.2 Å². The fraction of sp³-hybridized carbons (Fsp3) is 0.576. The highest BCUT2D eigenvalue weighted by Crippen LogP contribution is 2.21. The van der Waals surface area contributed by atoms with E-state index in [9.17, 15) is 33.9 Å². The summed E-state index contributed by atoms with van der Waals surface area (Å²) in [5, 5.41) is 19.2. The minimum Gasteiger partial charge on any atom is -0.480 e. The Morgan fingerprint density at radius 3 is 2.04 bits per heavy atom. The smallest absolute Gasteiger partial charge is 0.326 e. The molecule has 1 aromatic carbocycles. The molecule has 46 heavy (non-hydrogen) atoms. The van der Waals surface area contributed by atoms with Crippen molar-refractivity contribution in [1.29, 1.82) is 0 Å². The monoisotopic (exact) mass is 642 g/mol. The van der Waals surface area contributed by atoms with Crippen molar-refractivity contribution in [2.24, 2.45) is 17.6 Å². The third-order valence-electron chi connectivity index (χ3n) is 8.43. The van der Waals surface area contributed by atoms with Gasteiger partial charge in [0.25, 0.3) is 0 Å². The molecule has 254 valence electrons. The summed E-state index contributed by atoms with van der Waals surface area (Å²) in [7, 11) is 0. The van der Waals surface area contributed by atoms with Gasteiger partial charge in [0.05, 0.1) is 0 Å². The summed E-state index contributed by atoms with van der Waals surface area (Å²) >= 11 is 0. The second kappa shape index (κ2) is 17.9. The minimum atomic E-state index is -1.35. The Kier molecular flexibility index (Phi) is 14.7. The molecular weight excluding hydrogens is 592 g/mol. The number of carbonyl (C=O) groups is 6. The molecule has 0 saturated carbocycles. The maximum atomic E-state index is 14.3. The number of rotatable bonds is 19. The number of fused-ring (bicyclic) bond motifs is 1. The van der Waals surface area contributed by atoms with Crippen molar-refractivity contribution in [2.45, 2.75) is 104 Å². The number of H-pyrrole nitrogens is 1. The lowest BCUT2D eigenvalue weighted by Gasteiger charge is -2.34. The summed E-state index contributed by atoms with van der Waals surface area (Å²) < 4.78 is 0. The minimum absolute atomic E-state index is 0.0273. The van der Waals surface area contributed by atoms with E-state index in [0.29, 0.717) is 19.3 Å². The number of nitrogens with one attached hydrogen (secondary N) is 4. The topological polar surface area (TPSA) is 204 Å². The van der Waals surface area contributed by atoms with E-state index in [4.69, 9.17) is 5.73 Å². The Balaban J connectivity index is 2.53. The summed E-state index contributed by atoms with van der Waals surface area (Å²) in [4.78, 5) is 81.8. The summed E-state index contributed by atoms with van der Waals surface area (Å²) in [6.45, 7) is 10.6. The van der Waals surface area contributed by atoms with E-state index in [0.717, 1.165) is 16.5 Å². The largest absolute Gasteiger partial charge is 0.480 e. The number of amides is 5. The van der Waals surface area contributed by atoms with E-state index >= 15 is 0 Å². The molecule has 0 aliphatic heterocycles. The predicted octanol–water partition coefficient (Wildman–Crippen LogP) is 2.23. The van der Waals surface area contributed by atoms with Crippen molar-refractivity contribution in [3.05, 3.63) is 36.0 Å². The Morgan fingerprint density at radius 2 is 1.50 bits per heavy atom. The highest BCUT2D eigenvalue weighted by Gasteiger charge is 2.37. The van der Waals surface area contributed by atoms with Gasteiger partial charge in [-0.1, -0.05) is 65.7 Å². The molecule has 0 radical (unpaired) electrons. The molecule has 0 fully saturated rings. The molecule has 0 bridgehead atoms. The third kappa shape index (κ3) is 10.3. The van der Waals surface area contributed by atoms with E-state index in [-0.39, 0.29) is 43.6 Å². The number of primary amides is 1. The number of hydrogen-bond acceptors (Lipinski definition) is 6. The van der Waals surface area contributed by atoms with Crippen LogP contribution < -0.4 is 21.7 Å². The number of carboxylic acid groups (broad SMARTS) is 1. The van der Waals surface area contributed by atoms with Crippen molar-refractivity contribution in [3.63, 3.8) is 0 Å². The maximum absolute atomic E-state index is 14.3. The number of nitrogens with zero attached hydrogens (tertiary/aromatic N) is 1. The first-order valence-corrected chi connectivity index (χ1v) is 16.0. The van der Waals surface area contributed by atoms with Crippen LogP contribution >= 0.6 is 0 Å². The molecule has 5 amide bonds. The number of aromatic nitrogens is 1. The van der Waals surface area contributed by atoms with Crippen LogP contribution in [0.4, 0.5) is 0 Å². The zero-order valence-electron chi connectivity index (χ0n) is 27.7. The summed E-state index contributed by atoms with van der Waals surface area (Å²) in [5.41, 5.74) is 6.84. The van der Waals surface area contributed by atoms with Crippen molar-refractivity contribution >= 4 is 46.4 Å². The highest BCUT2D eigenvalue weighted by molar-refractivity contribution is 5.96. The predicted molar refractivity (Wildman–Crippen MR) is 174 cm³/mol. The lowest BCUT2D eigenvalue weighted by atomic mass is 9.94. The number of aromatic amines is 1. The molecule has 2 rings (SSSR count). The Bertz CT molecular complexity index is 1380. The number of para-hydroxylation sites is 1. The van der Waals surface area contributed by atoms with Gasteiger partial charge in [-0.25, -0.2) is 4.79 Å². The first-order chi connectivity index (χ1) is 21.7.